The molecule has 122 valence electrons. The Bertz CT molecular complexity index is 704. The number of hydrogen-bond acceptors (Lipinski definition) is 3. The molecular weight excluding hydrogens is 292 g/mol. The first-order chi connectivity index (χ1) is 11.0. The lowest BCUT2D eigenvalue weighted by Gasteiger charge is -2.08. The number of amides is 2. The Morgan fingerprint density at radius 1 is 1.09 bits per heavy atom. The molecular formula is C18H22N2O3. The molecule has 5 nitrogen and oxygen atoms in total. The number of unbranched alkanes of at least 4 members (excludes halogenated alkanes) is 1. The number of hydrogen-bond donors (Lipinski definition) is 2. The predicted octanol–water partition coefficient (Wildman–Crippen LogP) is 4.28. The minimum Gasteiger partial charge on any atom is -0.466 e. The quantitative estimate of drug-likeness (QED) is 0.836. The zero-order chi connectivity index (χ0) is 16.8. The van der Waals surface area contributed by atoms with Crippen LogP contribution in [-0.2, 0) is 4.79 Å². The monoisotopic (exact) mass is 314 g/mol. The second-order valence-corrected chi connectivity index (χ2v) is 5.51. The number of furan rings is 1. The van der Waals surface area contributed by atoms with Gasteiger partial charge in [0, 0.05) is 17.8 Å². The maximum atomic E-state index is 12.3. The van der Waals surface area contributed by atoms with E-state index in [9.17, 15) is 9.59 Å². The van der Waals surface area contributed by atoms with Crippen molar-refractivity contribution in [2.75, 3.05) is 10.6 Å². The summed E-state index contributed by atoms with van der Waals surface area (Å²) in [7, 11) is 0. The molecule has 2 N–H and O–H groups in total. The normalized spacial score (nSPS) is 10.4. The maximum Gasteiger partial charge on any atom is 0.259 e. The third-order valence-electron chi connectivity index (χ3n) is 3.45. The van der Waals surface area contributed by atoms with Gasteiger partial charge < -0.3 is 15.1 Å². The number of benzene rings is 1. The van der Waals surface area contributed by atoms with E-state index in [1.807, 2.05) is 6.92 Å². The Morgan fingerprint density at radius 2 is 1.78 bits per heavy atom. The van der Waals surface area contributed by atoms with E-state index in [1.165, 1.54) is 0 Å². The molecule has 0 spiro atoms. The fourth-order valence-electron chi connectivity index (χ4n) is 2.29. The summed E-state index contributed by atoms with van der Waals surface area (Å²) in [6, 6.07) is 8.82. The van der Waals surface area contributed by atoms with E-state index in [0.717, 1.165) is 12.8 Å². The van der Waals surface area contributed by atoms with E-state index in [1.54, 1.807) is 44.2 Å². The lowest BCUT2D eigenvalue weighted by Crippen LogP contribution is -2.13. The topological polar surface area (TPSA) is 71.3 Å². The van der Waals surface area contributed by atoms with Crippen molar-refractivity contribution in [3.05, 3.63) is 47.4 Å². The molecule has 1 aromatic heterocycles. The van der Waals surface area contributed by atoms with Crippen molar-refractivity contribution in [3.63, 3.8) is 0 Å². The Labute approximate surface area is 136 Å². The van der Waals surface area contributed by atoms with Gasteiger partial charge in [0.05, 0.1) is 5.56 Å². The van der Waals surface area contributed by atoms with Gasteiger partial charge in [-0.15, -0.1) is 0 Å². The molecule has 0 radical (unpaired) electrons. The summed E-state index contributed by atoms with van der Waals surface area (Å²) in [5, 5.41) is 5.66. The first-order valence-electron chi connectivity index (χ1n) is 7.78. The van der Waals surface area contributed by atoms with Gasteiger partial charge in [0.1, 0.15) is 11.5 Å². The maximum absolute atomic E-state index is 12.3. The highest BCUT2D eigenvalue weighted by molar-refractivity contribution is 6.05. The smallest absolute Gasteiger partial charge is 0.259 e. The van der Waals surface area contributed by atoms with Gasteiger partial charge >= 0.3 is 0 Å². The van der Waals surface area contributed by atoms with Crippen molar-refractivity contribution in [3.8, 4) is 0 Å². The first kappa shape index (κ1) is 16.8. The van der Waals surface area contributed by atoms with Gasteiger partial charge in [-0.25, -0.2) is 0 Å². The van der Waals surface area contributed by atoms with E-state index in [-0.39, 0.29) is 11.8 Å². The minimum atomic E-state index is -0.228. The molecule has 0 aliphatic rings. The van der Waals surface area contributed by atoms with Gasteiger partial charge in [-0.05, 0) is 44.5 Å². The molecule has 23 heavy (non-hydrogen) atoms. The minimum absolute atomic E-state index is 0.0170. The van der Waals surface area contributed by atoms with Crippen LogP contribution in [0.3, 0.4) is 0 Å². The first-order valence-corrected chi connectivity index (χ1v) is 7.78. The molecule has 0 atom stereocenters. The van der Waals surface area contributed by atoms with Crippen molar-refractivity contribution < 1.29 is 14.0 Å². The summed E-state index contributed by atoms with van der Waals surface area (Å²) < 4.78 is 5.37. The van der Waals surface area contributed by atoms with E-state index in [2.05, 4.69) is 10.6 Å². The van der Waals surface area contributed by atoms with Crippen LogP contribution in [0.25, 0.3) is 0 Å². The van der Waals surface area contributed by atoms with Crippen molar-refractivity contribution in [1.82, 2.24) is 0 Å². The van der Waals surface area contributed by atoms with Gasteiger partial charge in [-0.2, -0.15) is 0 Å². The van der Waals surface area contributed by atoms with Crippen LogP contribution in [0.5, 0.6) is 0 Å². The lowest BCUT2D eigenvalue weighted by molar-refractivity contribution is -0.116. The Morgan fingerprint density at radius 3 is 2.39 bits per heavy atom. The zero-order valence-electron chi connectivity index (χ0n) is 13.7. The Hall–Kier alpha value is -2.56. The summed E-state index contributed by atoms with van der Waals surface area (Å²) in [4.78, 5) is 24.0. The van der Waals surface area contributed by atoms with Gasteiger partial charge in [0.25, 0.3) is 5.91 Å². The fourth-order valence-corrected chi connectivity index (χ4v) is 2.29. The largest absolute Gasteiger partial charge is 0.466 e. The van der Waals surface area contributed by atoms with Gasteiger partial charge in [-0.3, -0.25) is 9.59 Å². The van der Waals surface area contributed by atoms with Crippen molar-refractivity contribution >= 4 is 23.2 Å². The second-order valence-electron chi connectivity index (χ2n) is 5.51. The van der Waals surface area contributed by atoms with Crippen LogP contribution in [0.15, 0.2) is 34.7 Å². The third-order valence-corrected chi connectivity index (χ3v) is 3.45. The van der Waals surface area contributed by atoms with Crippen LogP contribution >= 0.6 is 0 Å². The molecule has 0 unspecified atom stereocenters. The van der Waals surface area contributed by atoms with Crippen LogP contribution in [0.4, 0.5) is 11.4 Å². The predicted molar refractivity (Wildman–Crippen MR) is 90.7 cm³/mol. The Balaban J connectivity index is 2.03. The highest BCUT2D eigenvalue weighted by Gasteiger charge is 2.13. The number of carbonyl (C=O) groups is 2. The average Bonchev–Trinajstić information content (AvgIpc) is 2.84. The van der Waals surface area contributed by atoms with E-state index in [0.29, 0.717) is 34.9 Å². The molecule has 0 saturated carbocycles. The summed E-state index contributed by atoms with van der Waals surface area (Å²) in [6.45, 7) is 5.60. The molecule has 0 aliphatic carbocycles. The number of aryl methyl sites for hydroxylation is 2. The van der Waals surface area contributed by atoms with E-state index in [4.69, 9.17) is 4.42 Å². The van der Waals surface area contributed by atoms with Crippen molar-refractivity contribution in [2.24, 2.45) is 0 Å². The summed E-state index contributed by atoms with van der Waals surface area (Å²) in [5.74, 6) is 1.04. The highest BCUT2D eigenvalue weighted by atomic mass is 16.3. The van der Waals surface area contributed by atoms with Crippen LogP contribution in [0, 0.1) is 13.8 Å². The van der Waals surface area contributed by atoms with Crippen molar-refractivity contribution in [2.45, 2.75) is 40.0 Å². The van der Waals surface area contributed by atoms with Crippen molar-refractivity contribution in [1.29, 1.82) is 0 Å². The molecule has 0 saturated heterocycles. The molecule has 0 fully saturated rings. The van der Waals surface area contributed by atoms with Crippen LogP contribution in [0.1, 0.15) is 48.1 Å². The van der Waals surface area contributed by atoms with Crippen LogP contribution in [-0.4, -0.2) is 11.8 Å². The average molecular weight is 314 g/mol. The lowest BCUT2D eigenvalue weighted by atomic mass is 10.2. The zero-order valence-corrected chi connectivity index (χ0v) is 13.7. The highest BCUT2D eigenvalue weighted by Crippen LogP contribution is 2.19. The molecule has 2 aromatic rings. The molecule has 1 heterocycles. The molecule has 1 aromatic carbocycles. The molecule has 2 rings (SSSR count). The molecule has 5 heteroatoms. The van der Waals surface area contributed by atoms with Gasteiger partial charge in [0.2, 0.25) is 5.91 Å². The molecule has 0 aliphatic heterocycles. The van der Waals surface area contributed by atoms with Gasteiger partial charge in [0.15, 0.2) is 0 Å². The number of anilines is 2. The SMILES string of the molecule is CCCCC(=O)Nc1cccc(NC(=O)c2cc(C)oc2C)c1. The molecule has 0 bridgehead atoms. The van der Waals surface area contributed by atoms with E-state index < -0.39 is 0 Å². The number of rotatable bonds is 6. The summed E-state index contributed by atoms with van der Waals surface area (Å²) in [5.41, 5.74) is 1.81. The van der Waals surface area contributed by atoms with E-state index >= 15 is 0 Å². The summed E-state index contributed by atoms with van der Waals surface area (Å²) >= 11 is 0. The number of nitrogens with one attached hydrogen (secondary N) is 2. The fraction of sp³-hybridized carbons (Fsp3) is 0.333. The number of carbonyl (C=O) groups excluding carboxylic acids is 2. The Kier molecular flexibility index (Phi) is 5.57. The second kappa shape index (κ2) is 7.63. The third kappa shape index (κ3) is 4.71. The molecule has 2 amide bonds. The van der Waals surface area contributed by atoms with Crippen LogP contribution in [0.2, 0.25) is 0 Å². The van der Waals surface area contributed by atoms with Gasteiger partial charge in [-0.1, -0.05) is 19.4 Å². The van der Waals surface area contributed by atoms with Crippen LogP contribution < -0.4 is 10.6 Å². The standard InChI is InChI=1S/C18H22N2O3/c1-4-5-9-17(21)19-14-7-6-8-15(11-14)20-18(22)16-10-12(2)23-13(16)3/h6-8,10-11H,4-5,9H2,1-3H3,(H,19,21)(H,20,22). The summed E-state index contributed by atoms with van der Waals surface area (Å²) in [6.07, 6.45) is 2.34.